The largest absolute Gasteiger partial charge is 0.345 e. The first-order chi connectivity index (χ1) is 16.9. The highest BCUT2D eigenvalue weighted by molar-refractivity contribution is 7.90. The Morgan fingerprint density at radius 2 is 1.66 bits per heavy atom. The number of hydrogen-bond acceptors (Lipinski definition) is 6. The number of fused-ring (bicyclic) bond motifs is 1. The van der Waals surface area contributed by atoms with Gasteiger partial charge in [0.15, 0.2) is 5.65 Å². The Bertz CT molecular complexity index is 1640. The average molecular weight is 484 g/mol. The molecule has 0 fully saturated rings. The third-order valence-electron chi connectivity index (χ3n) is 5.62. The van der Waals surface area contributed by atoms with Crippen LogP contribution >= 0.6 is 0 Å². The minimum absolute atomic E-state index is 0.120. The van der Waals surface area contributed by atoms with E-state index in [1.165, 1.54) is 15.1 Å². The van der Waals surface area contributed by atoms with Gasteiger partial charge in [0.2, 0.25) is 0 Å². The van der Waals surface area contributed by atoms with Gasteiger partial charge < -0.3 is 4.90 Å². The van der Waals surface area contributed by atoms with Crippen LogP contribution in [-0.2, 0) is 10.0 Å². The number of carbonyl (C=O) groups excluding carboxylic acids is 1. The van der Waals surface area contributed by atoms with Gasteiger partial charge in [-0.2, -0.15) is 0 Å². The minimum atomic E-state index is -3.79. The molecule has 0 bridgehead atoms. The van der Waals surface area contributed by atoms with E-state index in [9.17, 15) is 13.2 Å². The summed E-state index contributed by atoms with van der Waals surface area (Å²) in [6.07, 6.45) is 8.06. The van der Waals surface area contributed by atoms with Crippen LogP contribution in [0.15, 0.2) is 96.5 Å². The third-order valence-corrected chi connectivity index (χ3v) is 7.30. The summed E-state index contributed by atoms with van der Waals surface area (Å²) in [6, 6.07) is 17.3. The van der Waals surface area contributed by atoms with E-state index in [-0.39, 0.29) is 10.8 Å². The Morgan fingerprint density at radius 1 is 0.886 bits per heavy atom. The van der Waals surface area contributed by atoms with Crippen molar-refractivity contribution in [1.29, 1.82) is 0 Å². The number of aromatic nitrogens is 4. The highest BCUT2D eigenvalue weighted by Gasteiger charge is 2.21. The number of pyridine rings is 3. The van der Waals surface area contributed by atoms with Crippen LogP contribution in [0.25, 0.3) is 33.4 Å². The summed E-state index contributed by atoms with van der Waals surface area (Å²) in [6.45, 7) is 0. The molecule has 0 aliphatic carbocycles. The van der Waals surface area contributed by atoms with E-state index in [1.807, 2.05) is 12.1 Å². The van der Waals surface area contributed by atoms with Crippen molar-refractivity contribution >= 4 is 27.0 Å². The molecular weight excluding hydrogens is 462 g/mol. The molecule has 0 unspecified atom stereocenters. The minimum Gasteiger partial charge on any atom is -0.345 e. The maximum atomic E-state index is 13.2. The van der Waals surface area contributed by atoms with E-state index in [4.69, 9.17) is 0 Å². The zero-order chi connectivity index (χ0) is 24.6. The second-order valence-corrected chi connectivity index (χ2v) is 9.93. The maximum absolute atomic E-state index is 13.2. The zero-order valence-corrected chi connectivity index (χ0v) is 19.8. The van der Waals surface area contributed by atoms with Gasteiger partial charge in [-0.05, 0) is 48.0 Å². The normalized spacial score (nSPS) is 11.5. The molecule has 8 nitrogen and oxygen atoms in total. The lowest BCUT2D eigenvalue weighted by molar-refractivity contribution is 0.0827. The van der Waals surface area contributed by atoms with Gasteiger partial charge in [0.25, 0.3) is 15.9 Å². The van der Waals surface area contributed by atoms with Crippen LogP contribution < -0.4 is 0 Å². The van der Waals surface area contributed by atoms with Crippen LogP contribution in [0, 0.1) is 0 Å². The highest BCUT2D eigenvalue weighted by Crippen LogP contribution is 2.31. The van der Waals surface area contributed by atoms with Gasteiger partial charge in [-0.1, -0.05) is 18.2 Å². The lowest BCUT2D eigenvalue weighted by atomic mass is 10.0. The van der Waals surface area contributed by atoms with Crippen molar-refractivity contribution in [2.24, 2.45) is 0 Å². The second-order valence-electron chi connectivity index (χ2n) is 8.12. The SMILES string of the molecule is CN(C)C(=O)c1ccc(-c2cncc(-c3ccnc4c3ccn4S(=O)(=O)c3ccccc3)c2)nc1. The molecule has 9 heteroatoms. The number of benzene rings is 1. The summed E-state index contributed by atoms with van der Waals surface area (Å²) >= 11 is 0. The summed E-state index contributed by atoms with van der Waals surface area (Å²) in [4.78, 5) is 27.0. The first-order valence-electron chi connectivity index (χ1n) is 10.8. The molecule has 5 aromatic rings. The van der Waals surface area contributed by atoms with Crippen LogP contribution in [-0.4, -0.2) is 52.2 Å². The number of carbonyl (C=O) groups is 1. The molecule has 5 rings (SSSR count). The number of amides is 1. The summed E-state index contributed by atoms with van der Waals surface area (Å²) in [5.41, 5.74) is 3.86. The van der Waals surface area contributed by atoms with E-state index < -0.39 is 10.0 Å². The monoisotopic (exact) mass is 483 g/mol. The van der Waals surface area contributed by atoms with E-state index in [2.05, 4.69) is 15.0 Å². The van der Waals surface area contributed by atoms with Crippen molar-refractivity contribution in [1.82, 2.24) is 23.8 Å². The molecule has 174 valence electrons. The van der Waals surface area contributed by atoms with Crippen LogP contribution in [0.1, 0.15) is 10.4 Å². The molecule has 4 heterocycles. The number of nitrogens with zero attached hydrogens (tertiary/aromatic N) is 5. The molecule has 0 N–H and O–H groups in total. The van der Waals surface area contributed by atoms with Crippen molar-refractivity contribution in [3.63, 3.8) is 0 Å². The Labute approximate surface area is 202 Å². The van der Waals surface area contributed by atoms with Gasteiger partial charge in [0.1, 0.15) is 0 Å². The quantitative estimate of drug-likeness (QED) is 0.373. The van der Waals surface area contributed by atoms with Crippen LogP contribution in [0.2, 0.25) is 0 Å². The predicted molar refractivity (Wildman–Crippen MR) is 133 cm³/mol. The van der Waals surface area contributed by atoms with E-state index >= 15 is 0 Å². The van der Waals surface area contributed by atoms with E-state index in [0.29, 0.717) is 22.3 Å². The average Bonchev–Trinajstić information content (AvgIpc) is 3.34. The molecule has 1 amide bonds. The summed E-state index contributed by atoms with van der Waals surface area (Å²) < 4.78 is 27.6. The fourth-order valence-corrected chi connectivity index (χ4v) is 5.17. The molecular formula is C26H21N5O3S. The standard InChI is InChI=1S/C26H21N5O3S/c1-30(2)26(32)18-8-9-24(29-17-18)20-14-19(15-27-16-20)22-10-12-28-25-23(22)11-13-31(25)35(33,34)21-6-4-3-5-7-21/h3-17H,1-2H3. The third kappa shape index (κ3) is 4.06. The molecule has 0 aliphatic heterocycles. The van der Waals surface area contributed by atoms with Crippen molar-refractivity contribution in [3.8, 4) is 22.4 Å². The number of rotatable bonds is 5. The fourth-order valence-electron chi connectivity index (χ4n) is 3.84. The lowest BCUT2D eigenvalue weighted by Crippen LogP contribution is -2.21. The molecule has 4 aromatic heterocycles. The van der Waals surface area contributed by atoms with E-state index in [1.54, 1.807) is 87.4 Å². The van der Waals surface area contributed by atoms with Crippen molar-refractivity contribution < 1.29 is 13.2 Å². The van der Waals surface area contributed by atoms with Crippen molar-refractivity contribution in [2.75, 3.05) is 14.1 Å². The Morgan fingerprint density at radius 3 is 2.37 bits per heavy atom. The molecule has 0 saturated heterocycles. The van der Waals surface area contributed by atoms with Crippen LogP contribution in [0.5, 0.6) is 0 Å². The molecule has 35 heavy (non-hydrogen) atoms. The molecule has 1 aromatic carbocycles. The summed E-state index contributed by atoms with van der Waals surface area (Å²) in [5, 5.41) is 0.686. The Hall–Kier alpha value is -4.37. The van der Waals surface area contributed by atoms with E-state index in [0.717, 1.165) is 16.7 Å². The molecule has 0 radical (unpaired) electrons. The van der Waals surface area contributed by atoms with Gasteiger partial charge >= 0.3 is 0 Å². The van der Waals surface area contributed by atoms with Gasteiger partial charge in [0.05, 0.1) is 16.2 Å². The molecule has 0 aliphatic rings. The first-order valence-corrected chi connectivity index (χ1v) is 12.2. The Kier molecular flexibility index (Phi) is 5.62. The van der Waals surface area contributed by atoms with Crippen molar-refractivity contribution in [2.45, 2.75) is 4.90 Å². The highest BCUT2D eigenvalue weighted by atomic mass is 32.2. The first kappa shape index (κ1) is 22.4. The van der Waals surface area contributed by atoms with Crippen molar-refractivity contribution in [3.05, 3.63) is 97.2 Å². The molecule has 0 atom stereocenters. The van der Waals surface area contributed by atoms with Gasteiger partial charge in [0, 0.05) is 61.6 Å². The summed E-state index contributed by atoms with van der Waals surface area (Å²) in [5.74, 6) is -0.120. The van der Waals surface area contributed by atoms with Gasteiger partial charge in [-0.3, -0.25) is 14.8 Å². The lowest BCUT2D eigenvalue weighted by Gasteiger charge is -2.10. The van der Waals surface area contributed by atoms with Crippen LogP contribution in [0.3, 0.4) is 0 Å². The fraction of sp³-hybridized carbons (Fsp3) is 0.0769. The molecule has 0 spiro atoms. The topological polar surface area (TPSA) is 98.0 Å². The smallest absolute Gasteiger partial charge is 0.269 e. The number of hydrogen-bond donors (Lipinski definition) is 0. The molecule has 0 saturated carbocycles. The van der Waals surface area contributed by atoms with Crippen LogP contribution in [0.4, 0.5) is 0 Å². The maximum Gasteiger partial charge on any atom is 0.269 e. The zero-order valence-electron chi connectivity index (χ0n) is 19.0. The summed E-state index contributed by atoms with van der Waals surface area (Å²) in [7, 11) is -0.408. The Balaban J connectivity index is 1.55. The van der Waals surface area contributed by atoms with Gasteiger partial charge in [-0.25, -0.2) is 17.4 Å². The van der Waals surface area contributed by atoms with Gasteiger partial charge in [-0.15, -0.1) is 0 Å². The second kappa shape index (κ2) is 8.77. The predicted octanol–water partition coefficient (Wildman–Crippen LogP) is 4.10.